The number of carbonyl (C=O) groups is 1. The van der Waals surface area contributed by atoms with E-state index in [1.165, 1.54) is 6.07 Å². The van der Waals surface area contributed by atoms with Crippen molar-refractivity contribution in [2.75, 3.05) is 0 Å². The predicted octanol–water partition coefficient (Wildman–Crippen LogP) is 2.37. The number of amides is 1. The van der Waals surface area contributed by atoms with Crippen molar-refractivity contribution < 1.29 is 9.18 Å². The van der Waals surface area contributed by atoms with Crippen LogP contribution in [-0.2, 0) is 10.3 Å². The zero-order valence-electron chi connectivity index (χ0n) is 10.4. The number of nitrogens with zero attached hydrogens (tertiary/aromatic N) is 1. The fourth-order valence-corrected chi connectivity index (χ4v) is 2.33. The normalized spacial score (nSPS) is 12.0. The first-order chi connectivity index (χ1) is 8.25. The van der Waals surface area contributed by atoms with Crippen molar-refractivity contribution in [3.63, 3.8) is 0 Å². The van der Waals surface area contributed by atoms with E-state index in [0.717, 1.165) is 0 Å². The van der Waals surface area contributed by atoms with E-state index in [9.17, 15) is 9.18 Å². The largest absolute Gasteiger partial charge is 0.368 e. The summed E-state index contributed by atoms with van der Waals surface area (Å²) in [7, 11) is 0. The summed E-state index contributed by atoms with van der Waals surface area (Å²) in [6, 6.07) is 3.02. The molecule has 0 aliphatic heterocycles. The molecular weight excluding hydrogens is 253 g/mol. The number of carbonyl (C=O) groups excluding carboxylic acids is 1. The number of rotatable bonds is 2. The molecular formula is C12H14FN3OS. The predicted molar refractivity (Wildman–Crippen MR) is 70.3 cm³/mol. The molecule has 18 heavy (non-hydrogen) atoms. The Labute approximate surface area is 109 Å². The SMILES string of the molecule is Cc1cc2c(cc1F)[nH]c(=S)n2C(C)(C)C(N)=O. The Morgan fingerprint density at radius 1 is 1.50 bits per heavy atom. The summed E-state index contributed by atoms with van der Waals surface area (Å²) in [6.07, 6.45) is 0. The minimum Gasteiger partial charge on any atom is -0.368 e. The van der Waals surface area contributed by atoms with E-state index in [2.05, 4.69) is 4.98 Å². The van der Waals surface area contributed by atoms with Crippen LogP contribution in [0.3, 0.4) is 0 Å². The third-order valence-corrected chi connectivity index (χ3v) is 3.41. The Bertz CT molecular complexity index is 699. The quantitative estimate of drug-likeness (QED) is 0.820. The van der Waals surface area contributed by atoms with Crippen molar-refractivity contribution in [2.24, 2.45) is 5.73 Å². The van der Waals surface area contributed by atoms with Gasteiger partial charge in [-0.2, -0.15) is 0 Å². The third kappa shape index (κ3) is 1.73. The molecule has 0 saturated heterocycles. The van der Waals surface area contributed by atoms with Gasteiger partial charge in [0.25, 0.3) is 0 Å². The lowest BCUT2D eigenvalue weighted by molar-refractivity contribution is -0.124. The summed E-state index contributed by atoms with van der Waals surface area (Å²) in [5.41, 5.74) is 6.14. The minimum absolute atomic E-state index is 0.317. The van der Waals surface area contributed by atoms with Gasteiger partial charge in [0.1, 0.15) is 11.4 Å². The number of aromatic amines is 1. The van der Waals surface area contributed by atoms with Crippen LogP contribution in [0, 0.1) is 17.5 Å². The Morgan fingerprint density at radius 3 is 2.67 bits per heavy atom. The molecule has 1 heterocycles. The number of aromatic nitrogens is 2. The number of halogens is 1. The summed E-state index contributed by atoms with van der Waals surface area (Å²) >= 11 is 5.18. The van der Waals surface area contributed by atoms with Crippen LogP contribution >= 0.6 is 12.2 Å². The summed E-state index contributed by atoms with van der Waals surface area (Å²) in [6.45, 7) is 5.01. The average molecular weight is 267 g/mol. The number of primary amides is 1. The Morgan fingerprint density at radius 2 is 2.11 bits per heavy atom. The number of fused-ring (bicyclic) bond motifs is 1. The molecule has 4 nitrogen and oxygen atoms in total. The minimum atomic E-state index is -0.973. The van der Waals surface area contributed by atoms with Gasteiger partial charge < -0.3 is 15.3 Å². The van der Waals surface area contributed by atoms with Crippen LogP contribution in [0.25, 0.3) is 11.0 Å². The van der Waals surface area contributed by atoms with Crippen LogP contribution in [0.1, 0.15) is 19.4 Å². The Balaban J connectivity index is 2.88. The monoisotopic (exact) mass is 267 g/mol. The number of H-pyrrole nitrogens is 1. The zero-order chi connectivity index (χ0) is 13.7. The lowest BCUT2D eigenvalue weighted by Crippen LogP contribution is -2.41. The third-order valence-electron chi connectivity index (χ3n) is 3.12. The van der Waals surface area contributed by atoms with Crippen molar-refractivity contribution in [1.29, 1.82) is 0 Å². The molecule has 0 saturated carbocycles. The molecule has 0 aliphatic rings. The van der Waals surface area contributed by atoms with Crippen molar-refractivity contribution in [3.05, 3.63) is 28.3 Å². The number of hydrogen-bond acceptors (Lipinski definition) is 2. The van der Waals surface area contributed by atoms with Crippen LogP contribution in [0.2, 0.25) is 0 Å². The number of nitrogens with two attached hydrogens (primary N) is 1. The molecule has 6 heteroatoms. The average Bonchev–Trinajstić information content (AvgIpc) is 2.54. The van der Waals surface area contributed by atoms with E-state index in [-0.39, 0.29) is 5.82 Å². The standard InChI is InChI=1S/C12H14FN3OS/c1-6-4-9-8(5-7(6)13)15-11(18)16(9)12(2,3)10(14)17/h4-5H,1-3H3,(H2,14,17)(H,15,18). The summed E-state index contributed by atoms with van der Waals surface area (Å²) < 4.78 is 15.5. The summed E-state index contributed by atoms with van der Waals surface area (Å²) in [5, 5.41) is 0. The van der Waals surface area contributed by atoms with Gasteiger partial charge >= 0.3 is 0 Å². The number of benzene rings is 1. The number of nitrogens with one attached hydrogen (secondary N) is 1. The molecule has 1 amide bonds. The molecule has 1 aromatic heterocycles. The van der Waals surface area contributed by atoms with Gasteiger partial charge in [-0.3, -0.25) is 4.79 Å². The number of aryl methyl sites for hydroxylation is 1. The topological polar surface area (TPSA) is 63.8 Å². The van der Waals surface area contributed by atoms with Crippen LogP contribution in [0.4, 0.5) is 4.39 Å². The van der Waals surface area contributed by atoms with E-state index in [0.29, 0.717) is 21.4 Å². The second-order valence-corrected chi connectivity index (χ2v) is 5.19. The van der Waals surface area contributed by atoms with Crippen molar-refractivity contribution in [3.8, 4) is 0 Å². The van der Waals surface area contributed by atoms with Crippen molar-refractivity contribution in [2.45, 2.75) is 26.3 Å². The van der Waals surface area contributed by atoms with E-state index in [1.54, 1.807) is 31.4 Å². The van der Waals surface area contributed by atoms with E-state index < -0.39 is 11.4 Å². The maximum Gasteiger partial charge on any atom is 0.243 e. The van der Waals surface area contributed by atoms with Crippen LogP contribution < -0.4 is 5.73 Å². The first-order valence-electron chi connectivity index (χ1n) is 5.46. The Hall–Kier alpha value is -1.69. The van der Waals surface area contributed by atoms with Gasteiger partial charge in [-0.05, 0) is 50.7 Å². The highest BCUT2D eigenvalue weighted by molar-refractivity contribution is 7.71. The smallest absolute Gasteiger partial charge is 0.243 e. The summed E-state index contributed by atoms with van der Waals surface area (Å²) in [4.78, 5) is 14.4. The molecule has 2 aromatic rings. The van der Waals surface area contributed by atoms with Crippen LogP contribution in [-0.4, -0.2) is 15.5 Å². The lowest BCUT2D eigenvalue weighted by atomic mass is 10.0. The zero-order valence-corrected chi connectivity index (χ0v) is 11.2. The highest BCUT2D eigenvalue weighted by atomic mass is 32.1. The molecule has 0 atom stereocenters. The van der Waals surface area contributed by atoms with Gasteiger partial charge in [0.2, 0.25) is 5.91 Å². The van der Waals surface area contributed by atoms with E-state index in [1.807, 2.05) is 0 Å². The highest BCUT2D eigenvalue weighted by Crippen LogP contribution is 2.25. The van der Waals surface area contributed by atoms with Gasteiger partial charge in [0.05, 0.1) is 11.0 Å². The highest BCUT2D eigenvalue weighted by Gasteiger charge is 2.29. The fraction of sp³-hybridized carbons (Fsp3) is 0.333. The van der Waals surface area contributed by atoms with Crippen LogP contribution in [0.5, 0.6) is 0 Å². The molecule has 0 aliphatic carbocycles. The second-order valence-electron chi connectivity index (χ2n) is 4.81. The van der Waals surface area contributed by atoms with E-state index >= 15 is 0 Å². The molecule has 96 valence electrons. The van der Waals surface area contributed by atoms with E-state index in [4.69, 9.17) is 18.0 Å². The van der Waals surface area contributed by atoms with Gasteiger partial charge in [-0.1, -0.05) is 0 Å². The fourth-order valence-electron chi connectivity index (χ4n) is 1.90. The molecule has 1 aromatic carbocycles. The van der Waals surface area contributed by atoms with Gasteiger partial charge in [0.15, 0.2) is 4.77 Å². The van der Waals surface area contributed by atoms with Gasteiger partial charge in [0, 0.05) is 0 Å². The number of imidazole rings is 1. The van der Waals surface area contributed by atoms with Crippen molar-refractivity contribution >= 4 is 29.2 Å². The maximum absolute atomic E-state index is 13.5. The lowest BCUT2D eigenvalue weighted by Gasteiger charge is -2.23. The van der Waals surface area contributed by atoms with Crippen molar-refractivity contribution in [1.82, 2.24) is 9.55 Å². The summed E-state index contributed by atoms with van der Waals surface area (Å²) in [5.74, 6) is -0.816. The molecule has 0 unspecified atom stereocenters. The second kappa shape index (κ2) is 3.91. The molecule has 0 bridgehead atoms. The molecule has 0 radical (unpaired) electrons. The molecule has 0 fully saturated rings. The van der Waals surface area contributed by atoms with Crippen LogP contribution in [0.15, 0.2) is 12.1 Å². The number of hydrogen-bond donors (Lipinski definition) is 2. The molecule has 0 spiro atoms. The molecule has 2 rings (SSSR count). The van der Waals surface area contributed by atoms with Gasteiger partial charge in [-0.15, -0.1) is 0 Å². The Kier molecular flexibility index (Phi) is 2.77. The molecule has 3 N–H and O–H groups in total. The first kappa shape index (κ1) is 12.8. The van der Waals surface area contributed by atoms with Gasteiger partial charge in [-0.25, -0.2) is 4.39 Å². The maximum atomic E-state index is 13.5. The first-order valence-corrected chi connectivity index (χ1v) is 5.87.